The van der Waals surface area contributed by atoms with Crippen LogP contribution in [0.25, 0.3) is 0 Å². The summed E-state index contributed by atoms with van der Waals surface area (Å²) in [6.07, 6.45) is 1.72. The predicted molar refractivity (Wildman–Crippen MR) is 62.1 cm³/mol. The number of carbonyl (C=O) groups is 1. The summed E-state index contributed by atoms with van der Waals surface area (Å²) in [5, 5.41) is 8.68. The van der Waals surface area contributed by atoms with Crippen molar-refractivity contribution in [3.63, 3.8) is 0 Å². The van der Waals surface area contributed by atoms with Gasteiger partial charge in [0.05, 0.1) is 5.56 Å². The zero-order chi connectivity index (χ0) is 12.5. The quantitative estimate of drug-likeness (QED) is 0.726. The van der Waals surface area contributed by atoms with Crippen LogP contribution in [-0.4, -0.2) is 25.5 Å². The number of hydrogen-bond donors (Lipinski definition) is 3. The lowest BCUT2D eigenvalue weighted by Crippen LogP contribution is -2.31. The van der Waals surface area contributed by atoms with Gasteiger partial charge in [-0.25, -0.2) is 4.79 Å². The molecular formula is C10H12N2O4S. The van der Waals surface area contributed by atoms with Gasteiger partial charge in [-0.05, 0) is 37.1 Å². The van der Waals surface area contributed by atoms with Crippen molar-refractivity contribution in [2.24, 2.45) is 0 Å². The molecule has 7 heteroatoms. The van der Waals surface area contributed by atoms with Crippen molar-refractivity contribution in [2.45, 2.75) is 18.9 Å². The molecule has 1 aromatic rings. The zero-order valence-electron chi connectivity index (χ0n) is 8.88. The van der Waals surface area contributed by atoms with Crippen molar-refractivity contribution in [2.75, 3.05) is 4.72 Å². The number of benzene rings is 1. The van der Waals surface area contributed by atoms with Gasteiger partial charge in [0.2, 0.25) is 0 Å². The normalized spacial score (nSPS) is 15.5. The summed E-state index contributed by atoms with van der Waals surface area (Å²) in [4.78, 5) is 10.6. The fourth-order valence-corrected chi connectivity index (χ4v) is 2.47. The molecule has 0 aromatic heterocycles. The Labute approximate surface area is 98.8 Å². The van der Waals surface area contributed by atoms with Crippen molar-refractivity contribution in [1.29, 1.82) is 0 Å². The van der Waals surface area contributed by atoms with Crippen LogP contribution in [0.15, 0.2) is 24.3 Å². The summed E-state index contributed by atoms with van der Waals surface area (Å²) < 4.78 is 27.8. The van der Waals surface area contributed by atoms with Crippen LogP contribution >= 0.6 is 0 Å². The van der Waals surface area contributed by atoms with Gasteiger partial charge in [-0.15, -0.1) is 0 Å². The van der Waals surface area contributed by atoms with E-state index in [-0.39, 0.29) is 11.6 Å². The first-order valence-electron chi connectivity index (χ1n) is 5.10. The third-order valence-electron chi connectivity index (χ3n) is 2.28. The monoisotopic (exact) mass is 256 g/mol. The Balaban J connectivity index is 2.05. The van der Waals surface area contributed by atoms with E-state index in [1.165, 1.54) is 24.3 Å². The maximum Gasteiger partial charge on any atom is 0.335 e. The summed E-state index contributed by atoms with van der Waals surface area (Å²) >= 11 is 0. The standard InChI is InChI=1S/C10H12N2O4S/c13-10(14)7-1-3-8(4-2-7)11-17(15,16)12-9-5-6-9/h1-4,9,11-12H,5-6H2,(H,13,14). The van der Waals surface area contributed by atoms with E-state index in [0.717, 1.165) is 12.8 Å². The second-order valence-electron chi connectivity index (χ2n) is 3.88. The first-order valence-corrected chi connectivity index (χ1v) is 6.58. The summed E-state index contributed by atoms with van der Waals surface area (Å²) in [6, 6.07) is 5.55. The van der Waals surface area contributed by atoms with Crippen LogP contribution in [0.2, 0.25) is 0 Å². The maximum atomic E-state index is 11.5. The molecule has 0 radical (unpaired) electrons. The molecule has 1 aliphatic carbocycles. The minimum Gasteiger partial charge on any atom is -0.478 e. The molecule has 0 atom stereocenters. The molecule has 0 spiro atoms. The Morgan fingerprint density at radius 2 is 1.82 bits per heavy atom. The lowest BCUT2D eigenvalue weighted by atomic mass is 10.2. The van der Waals surface area contributed by atoms with Gasteiger partial charge >= 0.3 is 5.97 Å². The number of carboxylic acid groups (broad SMARTS) is 1. The summed E-state index contributed by atoms with van der Waals surface area (Å²) in [5.74, 6) is -1.05. The number of aromatic carboxylic acids is 1. The maximum absolute atomic E-state index is 11.5. The second kappa shape index (κ2) is 4.34. The minimum atomic E-state index is -3.55. The van der Waals surface area contributed by atoms with Crippen molar-refractivity contribution in [3.05, 3.63) is 29.8 Å². The molecule has 0 saturated heterocycles. The number of rotatable bonds is 5. The molecule has 3 N–H and O–H groups in total. The lowest BCUT2D eigenvalue weighted by Gasteiger charge is -2.08. The fraction of sp³-hybridized carbons (Fsp3) is 0.300. The third kappa shape index (κ3) is 3.43. The van der Waals surface area contributed by atoms with E-state index in [2.05, 4.69) is 9.44 Å². The highest BCUT2D eigenvalue weighted by Gasteiger charge is 2.26. The summed E-state index contributed by atoms with van der Waals surface area (Å²) in [7, 11) is -3.55. The Bertz CT molecular complexity index is 520. The average molecular weight is 256 g/mol. The molecule has 0 heterocycles. The highest BCUT2D eigenvalue weighted by atomic mass is 32.2. The highest BCUT2D eigenvalue weighted by Crippen LogP contribution is 2.20. The van der Waals surface area contributed by atoms with Crippen LogP contribution in [0.3, 0.4) is 0 Å². The highest BCUT2D eigenvalue weighted by molar-refractivity contribution is 7.90. The summed E-state index contributed by atoms with van der Waals surface area (Å²) in [6.45, 7) is 0. The average Bonchev–Trinajstić information content (AvgIpc) is 3.00. The molecule has 1 saturated carbocycles. The molecule has 0 amide bonds. The van der Waals surface area contributed by atoms with E-state index in [0.29, 0.717) is 5.69 Å². The Morgan fingerprint density at radius 3 is 2.29 bits per heavy atom. The Morgan fingerprint density at radius 1 is 1.24 bits per heavy atom. The van der Waals surface area contributed by atoms with Crippen LogP contribution in [0.1, 0.15) is 23.2 Å². The number of carboxylic acids is 1. The predicted octanol–water partition coefficient (Wildman–Crippen LogP) is 0.793. The van der Waals surface area contributed by atoms with Crippen molar-refractivity contribution >= 4 is 21.9 Å². The van der Waals surface area contributed by atoms with Crippen LogP contribution < -0.4 is 9.44 Å². The van der Waals surface area contributed by atoms with Gasteiger partial charge < -0.3 is 5.11 Å². The van der Waals surface area contributed by atoms with Crippen LogP contribution in [0, 0.1) is 0 Å². The number of anilines is 1. The molecule has 0 bridgehead atoms. The fourth-order valence-electron chi connectivity index (χ4n) is 1.29. The largest absolute Gasteiger partial charge is 0.478 e. The van der Waals surface area contributed by atoms with E-state index in [1.807, 2.05) is 0 Å². The lowest BCUT2D eigenvalue weighted by molar-refractivity contribution is 0.0697. The van der Waals surface area contributed by atoms with Crippen molar-refractivity contribution in [1.82, 2.24) is 4.72 Å². The molecule has 92 valence electrons. The first kappa shape index (κ1) is 11.9. The van der Waals surface area contributed by atoms with Gasteiger partial charge in [0.15, 0.2) is 0 Å². The molecule has 0 aliphatic heterocycles. The molecule has 1 fully saturated rings. The Hall–Kier alpha value is -1.60. The van der Waals surface area contributed by atoms with Gasteiger partial charge in [-0.1, -0.05) is 0 Å². The topological polar surface area (TPSA) is 95.5 Å². The summed E-state index contributed by atoms with van der Waals surface area (Å²) in [5.41, 5.74) is 0.450. The third-order valence-corrected chi connectivity index (χ3v) is 3.43. The molecular weight excluding hydrogens is 244 g/mol. The van der Waals surface area contributed by atoms with Gasteiger partial charge in [0, 0.05) is 11.7 Å². The molecule has 2 rings (SSSR count). The van der Waals surface area contributed by atoms with Gasteiger partial charge in [0.1, 0.15) is 0 Å². The molecule has 6 nitrogen and oxygen atoms in total. The van der Waals surface area contributed by atoms with Crippen LogP contribution in [-0.2, 0) is 10.2 Å². The molecule has 0 unspecified atom stereocenters. The number of hydrogen-bond acceptors (Lipinski definition) is 3. The van der Waals surface area contributed by atoms with E-state index in [9.17, 15) is 13.2 Å². The zero-order valence-corrected chi connectivity index (χ0v) is 9.70. The van der Waals surface area contributed by atoms with E-state index in [4.69, 9.17) is 5.11 Å². The van der Waals surface area contributed by atoms with Gasteiger partial charge in [0.25, 0.3) is 10.2 Å². The van der Waals surface area contributed by atoms with E-state index >= 15 is 0 Å². The van der Waals surface area contributed by atoms with Crippen molar-refractivity contribution < 1.29 is 18.3 Å². The number of nitrogens with one attached hydrogen (secondary N) is 2. The van der Waals surface area contributed by atoms with E-state index < -0.39 is 16.2 Å². The molecule has 1 aliphatic rings. The SMILES string of the molecule is O=C(O)c1ccc(NS(=O)(=O)NC2CC2)cc1. The van der Waals surface area contributed by atoms with Gasteiger partial charge in [-0.2, -0.15) is 13.1 Å². The van der Waals surface area contributed by atoms with Crippen LogP contribution in [0.4, 0.5) is 5.69 Å². The van der Waals surface area contributed by atoms with Crippen molar-refractivity contribution in [3.8, 4) is 0 Å². The molecule has 1 aromatic carbocycles. The minimum absolute atomic E-state index is 0.0331. The molecule has 17 heavy (non-hydrogen) atoms. The van der Waals surface area contributed by atoms with Gasteiger partial charge in [-0.3, -0.25) is 4.72 Å². The van der Waals surface area contributed by atoms with E-state index in [1.54, 1.807) is 0 Å². The second-order valence-corrected chi connectivity index (χ2v) is 5.33. The van der Waals surface area contributed by atoms with Crippen LogP contribution in [0.5, 0.6) is 0 Å². The Kier molecular flexibility index (Phi) is 3.03. The first-order chi connectivity index (χ1) is 7.96. The smallest absolute Gasteiger partial charge is 0.335 e.